The van der Waals surface area contributed by atoms with Crippen molar-refractivity contribution in [2.75, 3.05) is 11.9 Å². The first-order valence-corrected chi connectivity index (χ1v) is 7.05. The second-order valence-electron chi connectivity index (χ2n) is 4.54. The number of hydrogen-bond acceptors (Lipinski definition) is 6. The highest BCUT2D eigenvalue weighted by molar-refractivity contribution is 6.02. The zero-order valence-electron chi connectivity index (χ0n) is 12.4. The largest absolute Gasteiger partial charge is 0.492 e. The Balaban J connectivity index is 1.78. The molecule has 3 rings (SSSR count). The molecule has 0 atom stereocenters. The average molecular weight is 310 g/mol. The summed E-state index contributed by atoms with van der Waals surface area (Å²) in [5.74, 6) is 0.293. The van der Waals surface area contributed by atoms with E-state index in [0.29, 0.717) is 23.9 Å². The predicted octanol–water partition coefficient (Wildman–Crippen LogP) is 2.78. The summed E-state index contributed by atoms with van der Waals surface area (Å²) in [5.41, 5.74) is 1.26. The Bertz CT molecular complexity index is 802. The summed E-state index contributed by atoms with van der Waals surface area (Å²) in [4.78, 5) is 20.3. The van der Waals surface area contributed by atoms with Gasteiger partial charge in [0.05, 0.1) is 12.3 Å². The molecular formula is C16H14N4O3. The number of pyridine rings is 1. The summed E-state index contributed by atoms with van der Waals surface area (Å²) in [6.45, 7) is 2.37. The highest BCUT2D eigenvalue weighted by Crippen LogP contribution is 2.24. The number of amides is 1. The van der Waals surface area contributed by atoms with Crippen molar-refractivity contribution in [1.29, 1.82) is 0 Å². The molecule has 0 saturated heterocycles. The van der Waals surface area contributed by atoms with Crippen molar-refractivity contribution in [2.24, 2.45) is 0 Å². The Hall–Kier alpha value is -3.22. The molecule has 0 saturated carbocycles. The Morgan fingerprint density at radius 2 is 2.00 bits per heavy atom. The third kappa shape index (κ3) is 3.34. The summed E-state index contributed by atoms with van der Waals surface area (Å²) in [6.07, 6.45) is 3.23. The number of benzene rings is 1. The van der Waals surface area contributed by atoms with Gasteiger partial charge >= 0.3 is 11.8 Å². The third-order valence-electron chi connectivity index (χ3n) is 2.99. The van der Waals surface area contributed by atoms with Crippen molar-refractivity contribution in [3.05, 3.63) is 54.7 Å². The van der Waals surface area contributed by atoms with Crippen LogP contribution in [0.5, 0.6) is 5.75 Å². The van der Waals surface area contributed by atoms with Gasteiger partial charge in [-0.25, -0.2) is 0 Å². The fourth-order valence-electron chi connectivity index (χ4n) is 1.96. The molecule has 23 heavy (non-hydrogen) atoms. The van der Waals surface area contributed by atoms with E-state index in [1.807, 2.05) is 13.0 Å². The monoisotopic (exact) mass is 310 g/mol. The minimum atomic E-state index is -0.495. The van der Waals surface area contributed by atoms with Crippen molar-refractivity contribution in [3.8, 4) is 17.1 Å². The Morgan fingerprint density at radius 1 is 1.22 bits per heavy atom. The van der Waals surface area contributed by atoms with E-state index in [2.05, 4.69) is 20.4 Å². The first kappa shape index (κ1) is 14.7. The number of nitrogens with one attached hydrogen (secondary N) is 1. The number of carbonyl (C=O) groups excluding carboxylic acids is 1. The molecule has 116 valence electrons. The van der Waals surface area contributed by atoms with Crippen LogP contribution in [0.1, 0.15) is 17.6 Å². The molecule has 0 aliphatic rings. The number of nitrogens with zero attached hydrogens (tertiary/aromatic N) is 3. The van der Waals surface area contributed by atoms with Crippen molar-refractivity contribution in [1.82, 2.24) is 15.1 Å². The summed E-state index contributed by atoms with van der Waals surface area (Å²) in [6, 6.07) is 10.6. The van der Waals surface area contributed by atoms with Crippen LogP contribution in [0.15, 0.2) is 53.3 Å². The standard InChI is InChI=1S/C16H14N4O3/c1-2-22-13-6-4-3-5-12(13)18-15(21)16-19-14(20-23-16)11-7-9-17-10-8-11/h3-10H,2H2,1H3,(H,18,21). The molecule has 1 amide bonds. The lowest BCUT2D eigenvalue weighted by Crippen LogP contribution is -2.13. The molecule has 1 aromatic carbocycles. The van der Waals surface area contributed by atoms with E-state index in [9.17, 15) is 4.79 Å². The Morgan fingerprint density at radius 3 is 2.78 bits per heavy atom. The van der Waals surface area contributed by atoms with Gasteiger partial charge in [-0.3, -0.25) is 9.78 Å². The van der Waals surface area contributed by atoms with Crippen LogP contribution < -0.4 is 10.1 Å². The second kappa shape index (κ2) is 6.69. The van der Waals surface area contributed by atoms with E-state index < -0.39 is 5.91 Å². The molecule has 2 heterocycles. The average Bonchev–Trinajstić information content (AvgIpc) is 3.08. The number of anilines is 1. The maximum absolute atomic E-state index is 12.2. The van der Waals surface area contributed by atoms with Gasteiger partial charge in [0, 0.05) is 18.0 Å². The van der Waals surface area contributed by atoms with Crippen LogP contribution in [0.2, 0.25) is 0 Å². The fourth-order valence-corrected chi connectivity index (χ4v) is 1.96. The molecule has 0 spiro atoms. The van der Waals surface area contributed by atoms with Gasteiger partial charge in [-0.1, -0.05) is 17.3 Å². The summed E-state index contributed by atoms with van der Waals surface area (Å²) >= 11 is 0. The van der Waals surface area contributed by atoms with Gasteiger partial charge in [0.15, 0.2) is 0 Å². The lowest BCUT2D eigenvalue weighted by molar-refractivity contribution is 0.0981. The minimum Gasteiger partial charge on any atom is -0.492 e. The zero-order valence-corrected chi connectivity index (χ0v) is 12.4. The van der Waals surface area contributed by atoms with Gasteiger partial charge in [-0.05, 0) is 31.2 Å². The number of aromatic nitrogens is 3. The van der Waals surface area contributed by atoms with E-state index in [1.165, 1.54) is 0 Å². The molecule has 7 heteroatoms. The third-order valence-corrected chi connectivity index (χ3v) is 2.99. The lowest BCUT2D eigenvalue weighted by atomic mass is 10.2. The SMILES string of the molecule is CCOc1ccccc1NC(=O)c1nc(-c2ccncc2)no1. The van der Waals surface area contributed by atoms with Crippen LogP contribution >= 0.6 is 0 Å². The molecule has 7 nitrogen and oxygen atoms in total. The van der Waals surface area contributed by atoms with Crippen molar-refractivity contribution in [2.45, 2.75) is 6.92 Å². The predicted molar refractivity (Wildman–Crippen MR) is 83.1 cm³/mol. The van der Waals surface area contributed by atoms with Crippen LogP contribution in [0, 0.1) is 0 Å². The lowest BCUT2D eigenvalue weighted by Gasteiger charge is -2.09. The van der Waals surface area contributed by atoms with E-state index >= 15 is 0 Å². The van der Waals surface area contributed by atoms with Crippen molar-refractivity contribution >= 4 is 11.6 Å². The number of rotatable bonds is 5. The molecule has 0 aliphatic carbocycles. The van der Waals surface area contributed by atoms with Crippen LogP contribution in [-0.4, -0.2) is 27.6 Å². The first-order valence-electron chi connectivity index (χ1n) is 7.05. The highest BCUT2D eigenvalue weighted by atomic mass is 16.5. The van der Waals surface area contributed by atoms with Gasteiger partial charge < -0.3 is 14.6 Å². The summed E-state index contributed by atoms with van der Waals surface area (Å²) in [5, 5.41) is 6.51. The van der Waals surface area contributed by atoms with E-state index in [1.54, 1.807) is 42.7 Å². The molecule has 0 radical (unpaired) electrons. The maximum Gasteiger partial charge on any atom is 0.316 e. The Kier molecular flexibility index (Phi) is 4.28. The van der Waals surface area contributed by atoms with Crippen LogP contribution in [0.3, 0.4) is 0 Å². The highest BCUT2D eigenvalue weighted by Gasteiger charge is 2.17. The van der Waals surface area contributed by atoms with Gasteiger partial charge in [0.1, 0.15) is 5.75 Å². The minimum absolute atomic E-state index is 0.122. The normalized spacial score (nSPS) is 10.3. The number of hydrogen-bond donors (Lipinski definition) is 1. The summed E-state index contributed by atoms with van der Waals surface area (Å²) in [7, 11) is 0. The van der Waals surface area contributed by atoms with Crippen molar-refractivity contribution in [3.63, 3.8) is 0 Å². The molecule has 0 bridgehead atoms. The summed E-state index contributed by atoms with van der Waals surface area (Å²) < 4.78 is 10.5. The topological polar surface area (TPSA) is 90.1 Å². The van der Waals surface area contributed by atoms with Gasteiger partial charge in [-0.15, -0.1) is 0 Å². The molecule has 3 aromatic rings. The van der Waals surface area contributed by atoms with Crippen LogP contribution in [-0.2, 0) is 0 Å². The Labute approximate surface area is 132 Å². The quantitative estimate of drug-likeness (QED) is 0.779. The smallest absolute Gasteiger partial charge is 0.316 e. The second-order valence-corrected chi connectivity index (χ2v) is 4.54. The van der Waals surface area contributed by atoms with Crippen molar-refractivity contribution < 1.29 is 14.1 Å². The molecule has 2 aromatic heterocycles. The van der Waals surface area contributed by atoms with E-state index in [-0.39, 0.29) is 5.89 Å². The molecule has 1 N–H and O–H groups in total. The number of ether oxygens (including phenoxy) is 1. The van der Waals surface area contributed by atoms with Crippen LogP contribution in [0.25, 0.3) is 11.4 Å². The van der Waals surface area contributed by atoms with Crippen LogP contribution in [0.4, 0.5) is 5.69 Å². The van der Waals surface area contributed by atoms with Gasteiger partial charge in [0.25, 0.3) is 0 Å². The maximum atomic E-state index is 12.2. The fraction of sp³-hybridized carbons (Fsp3) is 0.125. The molecular weight excluding hydrogens is 296 g/mol. The number of carbonyl (C=O) groups is 1. The zero-order chi connectivity index (χ0) is 16.1. The molecule has 0 unspecified atom stereocenters. The van der Waals surface area contributed by atoms with Gasteiger partial charge in [-0.2, -0.15) is 4.98 Å². The van der Waals surface area contributed by atoms with Gasteiger partial charge in [0.2, 0.25) is 5.82 Å². The first-order chi connectivity index (χ1) is 11.3. The van der Waals surface area contributed by atoms with E-state index in [4.69, 9.17) is 9.26 Å². The molecule has 0 fully saturated rings. The molecule has 0 aliphatic heterocycles. The number of para-hydroxylation sites is 2. The van der Waals surface area contributed by atoms with E-state index in [0.717, 1.165) is 5.56 Å².